The van der Waals surface area contributed by atoms with Crippen molar-refractivity contribution in [2.24, 2.45) is 0 Å². The molecule has 0 radical (unpaired) electrons. The molecule has 76 valence electrons. The van der Waals surface area contributed by atoms with Gasteiger partial charge in [-0.1, -0.05) is 12.2 Å². The molecule has 0 atom stereocenters. The molecule has 0 fully saturated rings. The Morgan fingerprint density at radius 2 is 1.79 bits per heavy atom. The first-order valence-corrected chi connectivity index (χ1v) is 4.11. The van der Waals surface area contributed by atoms with Crippen molar-refractivity contribution in [3.63, 3.8) is 0 Å². The van der Waals surface area contributed by atoms with Crippen LogP contribution in [0.4, 0.5) is 13.2 Å². The number of hydrogen-bond donors (Lipinski definition) is 1. The van der Waals surface area contributed by atoms with Crippen molar-refractivity contribution in [2.45, 2.75) is 0 Å². The topological polar surface area (TPSA) is 12.0 Å². The van der Waals surface area contributed by atoms with Crippen LogP contribution < -0.4 is 5.32 Å². The van der Waals surface area contributed by atoms with Gasteiger partial charge in [0.25, 0.3) is 0 Å². The molecule has 0 aliphatic heterocycles. The standard InChI is InChI=1S/C10H10F3N/c1-14-4-2-3-7-5-9(12)10(13)6-8(7)11/h2-3,5-6,14H,4H2,1H3/b3-2+. The van der Waals surface area contributed by atoms with E-state index in [0.29, 0.717) is 12.6 Å². The van der Waals surface area contributed by atoms with Gasteiger partial charge in [-0.05, 0) is 13.1 Å². The van der Waals surface area contributed by atoms with Crippen LogP contribution in [-0.4, -0.2) is 13.6 Å². The second-order valence-corrected chi connectivity index (χ2v) is 2.75. The van der Waals surface area contributed by atoms with Crippen molar-refractivity contribution in [3.05, 3.63) is 41.2 Å². The summed E-state index contributed by atoms with van der Waals surface area (Å²) in [6.07, 6.45) is 3.02. The van der Waals surface area contributed by atoms with E-state index in [0.717, 1.165) is 6.07 Å². The van der Waals surface area contributed by atoms with Crippen LogP contribution in [0.1, 0.15) is 5.56 Å². The van der Waals surface area contributed by atoms with Crippen molar-refractivity contribution >= 4 is 6.08 Å². The van der Waals surface area contributed by atoms with Crippen molar-refractivity contribution in [3.8, 4) is 0 Å². The molecule has 1 aromatic carbocycles. The normalized spacial score (nSPS) is 11.1. The molecule has 0 aliphatic rings. The van der Waals surface area contributed by atoms with Gasteiger partial charge in [-0.25, -0.2) is 13.2 Å². The molecule has 1 N–H and O–H groups in total. The van der Waals surface area contributed by atoms with E-state index < -0.39 is 17.5 Å². The van der Waals surface area contributed by atoms with E-state index in [-0.39, 0.29) is 5.56 Å². The molecule has 1 aromatic rings. The first-order valence-electron chi connectivity index (χ1n) is 4.11. The molecule has 1 nitrogen and oxygen atoms in total. The van der Waals surface area contributed by atoms with Gasteiger partial charge in [-0.2, -0.15) is 0 Å². The zero-order valence-corrected chi connectivity index (χ0v) is 7.65. The highest BCUT2D eigenvalue weighted by Crippen LogP contribution is 2.14. The Balaban J connectivity index is 2.92. The lowest BCUT2D eigenvalue weighted by Crippen LogP contribution is -2.03. The third kappa shape index (κ3) is 2.60. The van der Waals surface area contributed by atoms with Crippen LogP contribution in [0.3, 0.4) is 0 Å². The van der Waals surface area contributed by atoms with Gasteiger partial charge in [0.15, 0.2) is 11.6 Å². The maximum absolute atomic E-state index is 13.0. The first-order chi connectivity index (χ1) is 6.65. The molecule has 0 spiro atoms. The average molecular weight is 201 g/mol. The summed E-state index contributed by atoms with van der Waals surface area (Å²) in [6.45, 7) is 0.540. The molecule has 0 aliphatic carbocycles. The number of halogens is 3. The monoisotopic (exact) mass is 201 g/mol. The Morgan fingerprint density at radius 3 is 2.43 bits per heavy atom. The van der Waals surface area contributed by atoms with Gasteiger partial charge >= 0.3 is 0 Å². The fourth-order valence-corrected chi connectivity index (χ4v) is 0.969. The van der Waals surface area contributed by atoms with Crippen LogP contribution in [0.5, 0.6) is 0 Å². The highest BCUT2D eigenvalue weighted by atomic mass is 19.2. The van der Waals surface area contributed by atoms with Crippen LogP contribution in [-0.2, 0) is 0 Å². The summed E-state index contributed by atoms with van der Waals surface area (Å²) in [4.78, 5) is 0. The lowest BCUT2D eigenvalue weighted by atomic mass is 10.2. The molecule has 1 rings (SSSR count). The maximum atomic E-state index is 13.0. The van der Waals surface area contributed by atoms with Crippen molar-refractivity contribution in [1.29, 1.82) is 0 Å². The van der Waals surface area contributed by atoms with Gasteiger partial charge in [0.2, 0.25) is 0 Å². The zero-order valence-electron chi connectivity index (χ0n) is 7.65. The van der Waals surface area contributed by atoms with E-state index in [1.807, 2.05) is 0 Å². The summed E-state index contributed by atoms with van der Waals surface area (Å²) in [5.74, 6) is -2.99. The van der Waals surface area contributed by atoms with Gasteiger partial charge in [0.05, 0.1) is 0 Å². The third-order valence-electron chi connectivity index (χ3n) is 1.66. The Bertz CT molecular complexity index is 347. The number of hydrogen-bond acceptors (Lipinski definition) is 1. The van der Waals surface area contributed by atoms with Crippen molar-refractivity contribution in [2.75, 3.05) is 13.6 Å². The van der Waals surface area contributed by atoms with Gasteiger partial charge in [0, 0.05) is 18.2 Å². The van der Waals surface area contributed by atoms with Crippen molar-refractivity contribution in [1.82, 2.24) is 5.32 Å². The summed E-state index contributed by atoms with van der Waals surface area (Å²) in [5, 5.41) is 2.81. The largest absolute Gasteiger partial charge is 0.316 e. The van der Waals surface area contributed by atoms with Crippen LogP contribution in [0.25, 0.3) is 6.08 Å². The maximum Gasteiger partial charge on any atom is 0.161 e. The minimum atomic E-state index is -1.17. The Morgan fingerprint density at radius 1 is 1.14 bits per heavy atom. The second kappa shape index (κ2) is 4.81. The number of rotatable bonds is 3. The van der Waals surface area contributed by atoms with E-state index in [2.05, 4.69) is 5.32 Å². The van der Waals surface area contributed by atoms with E-state index in [1.54, 1.807) is 13.1 Å². The van der Waals surface area contributed by atoms with E-state index >= 15 is 0 Å². The fourth-order valence-electron chi connectivity index (χ4n) is 0.969. The molecule has 0 heterocycles. The summed E-state index contributed by atoms with van der Waals surface area (Å²) >= 11 is 0. The third-order valence-corrected chi connectivity index (χ3v) is 1.66. The predicted molar refractivity (Wildman–Crippen MR) is 49.3 cm³/mol. The summed E-state index contributed by atoms with van der Waals surface area (Å²) in [5.41, 5.74) is 0.0409. The molecular weight excluding hydrogens is 191 g/mol. The first kappa shape index (κ1) is 10.8. The minimum Gasteiger partial charge on any atom is -0.316 e. The fraction of sp³-hybridized carbons (Fsp3) is 0.200. The molecule has 0 bridgehead atoms. The van der Waals surface area contributed by atoms with Gasteiger partial charge in [-0.3, -0.25) is 0 Å². The highest BCUT2D eigenvalue weighted by Gasteiger charge is 2.06. The zero-order chi connectivity index (χ0) is 10.6. The Kier molecular flexibility index (Phi) is 3.71. The van der Waals surface area contributed by atoms with Crippen LogP contribution in [0.2, 0.25) is 0 Å². The summed E-state index contributed by atoms with van der Waals surface area (Å²) in [7, 11) is 1.73. The van der Waals surface area contributed by atoms with E-state index in [4.69, 9.17) is 0 Å². The number of benzene rings is 1. The molecular formula is C10H10F3N. The smallest absolute Gasteiger partial charge is 0.161 e. The van der Waals surface area contributed by atoms with Gasteiger partial charge in [-0.15, -0.1) is 0 Å². The Labute approximate surface area is 80.2 Å². The SMILES string of the molecule is CNC/C=C/c1cc(F)c(F)cc1F. The van der Waals surface area contributed by atoms with Crippen molar-refractivity contribution < 1.29 is 13.2 Å². The molecule has 0 saturated heterocycles. The lowest BCUT2D eigenvalue weighted by Gasteiger charge is -1.98. The Hall–Kier alpha value is -1.29. The molecule has 14 heavy (non-hydrogen) atoms. The lowest BCUT2D eigenvalue weighted by molar-refractivity contribution is 0.494. The minimum absolute atomic E-state index is 0.0409. The molecule has 0 amide bonds. The second-order valence-electron chi connectivity index (χ2n) is 2.75. The highest BCUT2D eigenvalue weighted by molar-refractivity contribution is 5.50. The number of nitrogens with one attached hydrogen (secondary N) is 1. The van der Waals surface area contributed by atoms with Gasteiger partial charge < -0.3 is 5.32 Å². The van der Waals surface area contributed by atoms with E-state index in [9.17, 15) is 13.2 Å². The van der Waals surface area contributed by atoms with Crippen LogP contribution in [0.15, 0.2) is 18.2 Å². The van der Waals surface area contributed by atoms with Crippen LogP contribution >= 0.6 is 0 Å². The quantitative estimate of drug-likeness (QED) is 0.740. The van der Waals surface area contributed by atoms with Gasteiger partial charge in [0.1, 0.15) is 5.82 Å². The molecule has 0 unspecified atom stereocenters. The van der Waals surface area contributed by atoms with Crippen LogP contribution in [0, 0.1) is 17.5 Å². The number of likely N-dealkylation sites (N-methyl/N-ethyl adjacent to an activating group) is 1. The molecule has 0 saturated carbocycles. The molecule has 4 heteroatoms. The predicted octanol–water partition coefficient (Wildman–Crippen LogP) is 2.34. The summed E-state index contributed by atoms with van der Waals surface area (Å²) < 4.78 is 38.2. The summed E-state index contributed by atoms with van der Waals surface area (Å²) in [6, 6.07) is 1.37. The molecule has 0 aromatic heterocycles. The average Bonchev–Trinajstić information content (AvgIpc) is 2.14. The van der Waals surface area contributed by atoms with E-state index in [1.165, 1.54) is 6.08 Å².